The summed E-state index contributed by atoms with van der Waals surface area (Å²) in [6.07, 6.45) is 2.73. The number of fused-ring (bicyclic) bond motifs is 1. The van der Waals surface area contributed by atoms with Crippen LogP contribution in [0.15, 0.2) is 28.4 Å². The van der Waals surface area contributed by atoms with Crippen LogP contribution < -0.4 is 11.1 Å². The molecule has 0 saturated heterocycles. The number of pyridine rings is 1. The fourth-order valence-electron chi connectivity index (χ4n) is 1.48. The third-order valence-corrected chi connectivity index (χ3v) is 2.39. The molecule has 0 unspecified atom stereocenters. The first kappa shape index (κ1) is 8.16. The van der Waals surface area contributed by atoms with Crippen molar-refractivity contribution < 1.29 is 4.79 Å². The Morgan fingerprint density at radius 3 is 3.13 bits per heavy atom. The largest absolute Gasteiger partial charge is 0.364 e. The number of hydrogen-bond donors (Lipinski definition) is 2. The number of carbonyl (C=O) groups is 1. The van der Waals surface area contributed by atoms with Crippen LogP contribution in [0.4, 0.5) is 11.5 Å². The molecule has 0 fully saturated rings. The second kappa shape index (κ2) is 2.66. The fraction of sp³-hybridized carbons (Fsp3) is 0.100. The van der Waals surface area contributed by atoms with Gasteiger partial charge < -0.3 is 11.1 Å². The summed E-state index contributed by atoms with van der Waals surface area (Å²) in [5.74, 6) is -0.0267. The monoisotopic (exact) mass is 200 g/mol. The van der Waals surface area contributed by atoms with E-state index in [1.807, 2.05) is 0 Å². The van der Waals surface area contributed by atoms with E-state index < -0.39 is 5.91 Å². The lowest BCUT2D eigenvalue weighted by atomic mass is 10.3. The molecule has 15 heavy (non-hydrogen) atoms. The minimum atomic E-state index is -0.539. The first-order chi connectivity index (χ1) is 7.24. The molecule has 1 amide bonds. The maximum absolute atomic E-state index is 10.9. The van der Waals surface area contributed by atoms with E-state index in [4.69, 9.17) is 5.73 Å². The van der Waals surface area contributed by atoms with Crippen molar-refractivity contribution in [3.05, 3.63) is 29.1 Å². The minimum Gasteiger partial charge on any atom is -0.364 e. The summed E-state index contributed by atoms with van der Waals surface area (Å²) < 4.78 is 0. The van der Waals surface area contributed by atoms with Gasteiger partial charge in [0.15, 0.2) is 5.82 Å². The Labute approximate surface area is 85.7 Å². The van der Waals surface area contributed by atoms with Gasteiger partial charge in [-0.05, 0) is 17.7 Å². The first-order valence-corrected chi connectivity index (χ1v) is 4.58. The van der Waals surface area contributed by atoms with Crippen LogP contribution in [0.5, 0.6) is 0 Å². The van der Waals surface area contributed by atoms with E-state index in [1.165, 1.54) is 11.3 Å². The Balaban J connectivity index is 2.08. The molecule has 3 N–H and O–H groups in total. The van der Waals surface area contributed by atoms with E-state index in [0.717, 1.165) is 12.1 Å². The third kappa shape index (κ3) is 1.28. The van der Waals surface area contributed by atoms with E-state index in [1.54, 1.807) is 18.3 Å². The number of primary amides is 1. The normalized spacial score (nSPS) is 16.3. The Hall–Kier alpha value is -2.17. The summed E-state index contributed by atoms with van der Waals surface area (Å²) in [4.78, 5) is 19.2. The van der Waals surface area contributed by atoms with Crippen molar-refractivity contribution >= 4 is 23.6 Å². The maximum atomic E-state index is 10.9. The number of nitrogens with one attached hydrogen (secondary N) is 1. The quantitative estimate of drug-likeness (QED) is 0.708. The molecule has 0 bridgehead atoms. The molecule has 0 aromatic carbocycles. The van der Waals surface area contributed by atoms with Crippen LogP contribution in [0.1, 0.15) is 16.9 Å². The molecule has 5 nitrogen and oxygen atoms in total. The van der Waals surface area contributed by atoms with Gasteiger partial charge in [0.05, 0.1) is 5.69 Å². The number of nitrogens with zero attached hydrogens (tertiary/aromatic N) is 2. The fourth-order valence-corrected chi connectivity index (χ4v) is 1.48. The molecular weight excluding hydrogens is 192 g/mol. The number of nitrogens with two attached hydrogens (primary N) is 1. The zero-order valence-electron chi connectivity index (χ0n) is 7.82. The Morgan fingerprint density at radius 1 is 1.47 bits per heavy atom. The number of hydrogen-bond acceptors (Lipinski definition) is 4. The number of allylic oxidation sites excluding steroid dienone is 2. The van der Waals surface area contributed by atoms with E-state index in [2.05, 4.69) is 15.3 Å². The molecule has 5 heteroatoms. The molecule has 0 atom stereocenters. The second-order valence-corrected chi connectivity index (χ2v) is 3.50. The molecule has 2 aliphatic rings. The van der Waals surface area contributed by atoms with Crippen LogP contribution >= 0.6 is 0 Å². The number of rotatable bonds is 1. The summed E-state index contributed by atoms with van der Waals surface area (Å²) in [6, 6.07) is 3.37. The molecular formula is C10H8N4O. The number of amides is 1. The van der Waals surface area contributed by atoms with Gasteiger partial charge in [0.2, 0.25) is 0 Å². The summed E-state index contributed by atoms with van der Waals surface area (Å²) in [7, 11) is 0. The van der Waals surface area contributed by atoms with E-state index in [-0.39, 0.29) is 5.69 Å². The number of carbonyl (C=O) groups excluding carboxylic acids is 1. The van der Waals surface area contributed by atoms with Crippen LogP contribution in [-0.4, -0.2) is 17.1 Å². The summed E-state index contributed by atoms with van der Waals surface area (Å²) in [6.45, 7) is 0. The Morgan fingerprint density at radius 2 is 2.33 bits per heavy atom. The Bertz CT molecular complexity index is 530. The predicted octanol–water partition coefficient (Wildman–Crippen LogP) is 0.966. The lowest BCUT2D eigenvalue weighted by molar-refractivity contribution is 0.0995. The van der Waals surface area contributed by atoms with Gasteiger partial charge in [0, 0.05) is 18.3 Å². The van der Waals surface area contributed by atoms with Gasteiger partial charge in [-0.15, -0.1) is 0 Å². The van der Waals surface area contributed by atoms with Gasteiger partial charge in [-0.1, -0.05) is 0 Å². The lowest BCUT2D eigenvalue weighted by Crippen LogP contribution is -2.13. The van der Waals surface area contributed by atoms with Crippen LogP contribution in [0, 0.1) is 0 Å². The number of aromatic nitrogens is 1. The smallest absolute Gasteiger partial charge is 0.267 e. The van der Waals surface area contributed by atoms with Gasteiger partial charge in [-0.3, -0.25) is 4.79 Å². The first-order valence-electron chi connectivity index (χ1n) is 4.58. The van der Waals surface area contributed by atoms with Crippen LogP contribution in [0.25, 0.3) is 0 Å². The molecule has 0 spiro atoms. The van der Waals surface area contributed by atoms with Gasteiger partial charge in [-0.2, -0.15) is 0 Å². The molecule has 1 aromatic rings. The molecule has 1 aliphatic heterocycles. The van der Waals surface area contributed by atoms with E-state index in [9.17, 15) is 4.79 Å². The molecule has 1 aliphatic carbocycles. The highest BCUT2D eigenvalue weighted by molar-refractivity contribution is 5.95. The SMILES string of the molecule is NC(=O)c1ccc2c(n1)N=CC1=C(C1)N2. The highest BCUT2D eigenvalue weighted by Crippen LogP contribution is 2.36. The zero-order chi connectivity index (χ0) is 10.4. The molecule has 0 saturated carbocycles. The standard InChI is InChI=1S/C10H8N4O/c11-9(15)6-1-2-7-10(14-6)12-4-5-3-8(5)13-7/h1-2,4,13H,3H2,(H2,11,15). The highest BCUT2D eigenvalue weighted by Gasteiger charge is 2.23. The van der Waals surface area contributed by atoms with Crippen molar-refractivity contribution in [1.29, 1.82) is 0 Å². The minimum absolute atomic E-state index is 0.235. The van der Waals surface area contributed by atoms with Gasteiger partial charge >= 0.3 is 0 Å². The third-order valence-electron chi connectivity index (χ3n) is 2.39. The van der Waals surface area contributed by atoms with Gasteiger partial charge in [0.1, 0.15) is 5.69 Å². The van der Waals surface area contributed by atoms with Crippen LogP contribution in [0.3, 0.4) is 0 Å². The van der Waals surface area contributed by atoms with Crippen molar-refractivity contribution in [1.82, 2.24) is 4.98 Å². The van der Waals surface area contributed by atoms with Crippen molar-refractivity contribution in [2.75, 3.05) is 5.32 Å². The Kier molecular flexibility index (Phi) is 1.45. The van der Waals surface area contributed by atoms with Gasteiger partial charge in [-0.25, -0.2) is 9.98 Å². The van der Waals surface area contributed by atoms with Crippen LogP contribution in [0.2, 0.25) is 0 Å². The average Bonchev–Trinajstić information content (AvgIpc) is 2.93. The average molecular weight is 200 g/mol. The topological polar surface area (TPSA) is 80.4 Å². The van der Waals surface area contributed by atoms with Crippen molar-refractivity contribution in [3.63, 3.8) is 0 Å². The summed E-state index contributed by atoms with van der Waals surface area (Å²) >= 11 is 0. The van der Waals surface area contributed by atoms with Crippen molar-refractivity contribution in [3.8, 4) is 0 Å². The zero-order valence-corrected chi connectivity index (χ0v) is 7.82. The molecule has 74 valence electrons. The predicted molar refractivity (Wildman–Crippen MR) is 56.2 cm³/mol. The molecule has 3 rings (SSSR count). The molecule has 0 radical (unpaired) electrons. The van der Waals surface area contributed by atoms with Crippen LogP contribution in [-0.2, 0) is 0 Å². The number of anilines is 1. The van der Waals surface area contributed by atoms with Gasteiger partial charge in [0.25, 0.3) is 5.91 Å². The summed E-state index contributed by atoms with van der Waals surface area (Å²) in [5, 5.41) is 3.20. The lowest BCUT2D eigenvalue weighted by Gasteiger charge is -2.05. The number of aliphatic imine (C=N–C) groups is 1. The highest BCUT2D eigenvalue weighted by atomic mass is 16.1. The molecule has 2 heterocycles. The van der Waals surface area contributed by atoms with E-state index in [0.29, 0.717) is 5.82 Å². The van der Waals surface area contributed by atoms with Crippen molar-refractivity contribution in [2.24, 2.45) is 10.7 Å². The van der Waals surface area contributed by atoms with Crippen molar-refractivity contribution in [2.45, 2.75) is 6.42 Å². The summed E-state index contributed by atoms with van der Waals surface area (Å²) in [5.41, 5.74) is 8.55. The molecule has 1 aromatic heterocycles. The maximum Gasteiger partial charge on any atom is 0.267 e. The second-order valence-electron chi connectivity index (χ2n) is 3.50. The van der Waals surface area contributed by atoms with E-state index >= 15 is 0 Å².